The van der Waals surface area contributed by atoms with Crippen molar-refractivity contribution in [2.75, 3.05) is 0 Å². The number of fused-ring (bicyclic) bond motifs is 3. The van der Waals surface area contributed by atoms with E-state index in [4.69, 9.17) is 14.2 Å². The van der Waals surface area contributed by atoms with Crippen molar-refractivity contribution in [1.82, 2.24) is 0 Å². The lowest BCUT2D eigenvalue weighted by atomic mass is 9.71. The molecule has 0 amide bonds. The number of aliphatic hydroxyl groups excluding tert-OH is 9. The van der Waals surface area contributed by atoms with Crippen LogP contribution in [-0.2, 0) is 6.42 Å². The smallest absolute Gasteiger partial charge is 0.152 e. The Bertz CT molecular complexity index is 2600. The number of rotatable bonds is 5. The highest BCUT2D eigenvalue weighted by atomic mass is 16.5. The van der Waals surface area contributed by atoms with Gasteiger partial charge in [0.05, 0.1) is 17.9 Å². The Kier molecular flexibility index (Phi) is 9.91. The quantitative estimate of drug-likeness (QED) is 0.164. The number of allylic oxidation sites excluding steroid dienone is 6. The average Bonchev–Trinajstić information content (AvgIpc) is 3.22. The second-order valence-corrected chi connectivity index (χ2v) is 16.7. The van der Waals surface area contributed by atoms with Crippen LogP contribution in [0.4, 0.5) is 0 Å². The van der Waals surface area contributed by atoms with Gasteiger partial charge in [0.15, 0.2) is 17.3 Å². The lowest BCUT2D eigenvalue weighted by Gasteiger charge is -2.45. The number of aliphatic hydroxyl groups is 9. The third-order valence-electron chi connectivity index (χ3n) is 12.9. The van der Waals surface area contributed by atoms with Crippen molar-refractivity contribution in [3.8, 4) is 51.7 Å². The normalized spacial score (nSPS) is 31.1. The van der Waals surface area contributed by atoms with Gasteiger partial charge in [0, 0.05) is 95.5 Å². The molecule has 332 valence electrons. The highest BCUT2D eigenvalue weighted by Gasteiger charge is 2.52. The molecule has 0 fully saturated rings. The minimum absolute atomic E-state index is 0.0162. The van der Waals surface area contributed by atoms with Gasteiger partial charge in [0.2, 0.25) is 0 Å². The fourth-order valence-electron chi connectivity index (χ4n) is 9.89. The molecule has 0 saturated heterocycles. The van der Waals surface area contributed by atoms with Gasteiger partial charge in [0.1, 0.15) is 99.5 Å². The van der Waals surface area contributed by atoms with E-state index >= 15 is 0 Å². The van der Waals surface area contributed by atoms with Gasteiger partial charge in [-0.1, -0.05) is 18.2 Å². The van der Waals surface area contributed by atoms with Crippen LogP contribution in [0.15, 0.2) is 95.3 Å². The molecule has 3 aromatic carbocycles. The monoisotopic (exact) mass is 872 g/mol. The molecule has 9 rings (SSSR count). The molecule has 18 nitrogen and oxygen atoms in total. The zero-order valence-electron chi connectivity index (χ0n) is 32.9. The number of aromatic hydroxyl groups is 6. The fraction of sp³-hybridized carbons (Fsp3) is 0.333. The van der Waals surface area contributed by atoms with E-state index in [2.05, 4.69) is 0 Å². The van der Waals surface area contributed by atoms with Crippen molar-refractivity contribution < 1.29 is 90.8 Å². The fourth-order valence-corrected chi connectivity index (χ4v) is 9.89. The zero-order valence-corrected chi connectivity index (χ0v) is 32.9. The van der Waals surface area contributed by atoms with E-state index < -0.39 is 129 Å². The zero-order chi connectivity index (χ0) is 44.9. The molecule has 63 heavy (non-hydrogen) atoms. The van der Waals surface area contributed by atoms with E-state index in [0.717, 1.165) is 24.3 Å². The Morgan fingerprint density at radius 1 is 0.413 bits per heavy atom. The summed E-state index contributed by atoms with van der Waals surface area (Å²) >= 11 is 0. The van der Waals surface area contributed by atoms with Crippen LogP contribution in [0.25, 0.3) is 0 Å². The Morgan fingerprint density at radius 2 is 0.825 bits per heavy atom. The van der Waals surface area contributed by atoms with Crippen LogP contribution in [0.2, 0.25) is 0 Å². The van der Waals surface area contributed by atoms with E-state index in [0.29, 0.717) is 0 Å². The molecule has 3 heterocycles. The second kappa shape index (κ2) is 15.1. The second-order valence-electron chi connectivity index (χ2n) is 16.7. The van der Waals surface area contributed by atoms with Crippen LogP contribution < -0.4 is 14.2 Å². The van der Waals surface area contributed by atoms with Crippen molar-refractivity contribution in [3.63, 3.8) is 0 Å². The summed E-state index contributed by atoms with van der Waals surface area (Å²) in [7, 11) is 0. The highest BCUT2D eigenvalue weighted by molar-refractivity contribution is 5.70. The summed E-state index contributed by atoms with van der Waals surface area (Å²) in [6, 6.07) is 3.95. The number of benzene rings is 3. The summed E-state index contributed by atoms with van der Waals surface area (Å²) in [5.74, 6) is -12.8. The molecule has 15 N–H and O–H groups in total. The van der Waals surface area contributed by atoms with Crippen molar-refractivity contribution in [3.05, 3.63) is 123 Å². The average molecular weight is 873 g/mol. The van der Waals surface area contributed by atoms with Crippen molar-refractivity contribution in [1.29, 1.82) is 0 Å². The van der Waals surface area contributed by atoms with Gasteiger partial charge in [-0.15, -0.1) is 0 Å². The first-order valence-corrected chi connectivity index (χ1v) is 20.1. The number of ether oxygens (including phenoxy) is 3. The first-order chi connectivity index (χ1) is 29.9. The Labute approximate surface area is 356 Å². The molecule has 0 bridgehead atoms. The van der Waals surface area contributed by atoms with Gasteiger partial charge >= 0.3 is 0 Å². The standard InChI is InChI=1S/C45H44O18/c46-18-10-27(54)33-32(11-18)61-42(16-2-5-21(48)25(52)8-16)39(59)37(33)35-29(56)14-30(57)36-38(40(60)43(63-45(35)36)17-3-6-22(49)26(53)9-17)34-28(55)13-23(50)19-12-31(58)41(62-44(19)34)15-1-4-20(47)24(51)7-15/h1-6,10-11,13-17,31,37-43,46-60H,7-9,12H2/t15?,16?,17?,31?,37-,38+,39?,40?,41-,42-,43-/m1/s1. The number of hydrogen-bond acceptors (Lipinski definition) is 18. The summed E-state index contributed by atoms with van der Waals surface area (Å²) in [5, 5.41) is 167. The van der Waals surface area contributed by atoms with Gasteiger partial charge in [-0.2, -0.15) is 0 Å². The SMILES string of the molecule is OC1=C(O)CC([C@H]2Oc3c(c(O)cc(O)c3[C@H]3c4c(O)cc(O)cc4O[C@H](C4C=CC(O)=C(O)C4)C3O)[C@H](c3c(O)cc(O)c4c3O[C@H](C3C=CC(O)=C(O)C3)C(O)C4)C2O)C=C1. The van der Waals surface area contributed by atoms with Crippen LogP contribution in [0.1, 0.15) is 58.9 Å². The van der Waals surface area contributed by atoms with Crippen LogP contribution in [0.5, 0.6) is 51.7 Å². The Hall–Kier alpha value is -7.02. The van der Waals surface area contributed by atoms with Crippen LogP contribution >= 0.6 is 0 Å². The van der Waals surface area contributed by atoms with Crippen molar-refractivity contribution in [2.24, 2.45) is 17.8 Å². The summed E-state index contributed by atoms with van der Waals surface area (Å²) < 4.78 is 19.1. The van der Waals surface area contributed by atoms with Crippen molar-refractivity contribution in [2.45, 2.75) is 74.1 Å². The van der Waals surface area contributed by atoms with Crippen LogP contribution in [-0.4, -0.2) is 113 Å². The molecule has 0 radical (unpaired) electrons. The molecule has 18 heteroatoms. The van der Waals surface area contributed by atoms with Crippen molar-refractivity contribution >= 4 is 0 Å². The minimum Gasteiger partial charge on any atom is -0.508 e. The number of phenolic OH excluding ortho intramolecular Hbond substituents is 6. The highest BCUT2D eigenvalue weighted by Crippen LogP contribution is 2.61. The predicted molar refractivity (Wildman–Crippen MR) is 217 cm³/mol. The van der Waals surface area contributed by atoms with Gasteiger partial charge in [-0.05, 0) is 18.2 Å². The lowest BCUT2D eigenvalue weighted by molar-refractivity contribution is -0.0274. The molecular formula is C45H44O18. The molecule has 3 aromatic rings. The van der Waals surface area contributed by atoms with E-state index in [1.807, 2.05) is 0 Å². The van der Waals surface area contributed by atoms with E-state index in [-0.39, 0.29) is 76.5 Å². The molecule has 3 aliphatic carbocycles. The summed E-state index contributed by atoms with van der Waals surface area (Å²) in [5.41, 5.74) is -1.02. The van der Waals surface area contributed by atoms with E-state index in [9.17, 15) is 76.6 Å². The van der Waals surface area contributed by atoms with Crippen LogP contribution in [0, 0.1) is 17.8 Å². The minimum atomic E-state index is -1.81. The topological polar surface area (TPSA) is 331 Å². The molecule has 0 saturated carbocycles. The molecule has 0 aromatic heterocycles. The predicted octanol–water partition coefficient (Wildman–Crippen LogP) is 4.80. The molecular weight excluding hydrogens is 828 g/mol. The number of hydrogen-bond donors (Lipinski definition) is 15. The lowest BCUT2D eigenvalue weighted by Crippen LogP contribution is -2.48. The van der Waals surface area contributed by atoms with Gasteiger partial charge in [0.25, 0.3) is 0 Å². The van der Waals surface area contributed by atoms with Gasteiger partial charge in [-0.25, -0.2) is 0 Å². The molecule has 0 spiro atoms. The molecule has 6 unspecified atom stereocenters. The maximum atomic E-state index is 12.6. The maximum absolute atomic E-state index is 12.6. The van der Waals surface area contributed by atoms with Crippen LogP contribution in [0.3, 0.4) is 0 Å². The van der Waals surface area contributed by atoms with E-state index in [1.165, 1.54) is 36.5 Å². The third kappa shape index (κ3) is 6.68. The Morgan fingerprint density at radius 3 is 1.33 bits per heavy atom. The molecule has 11 atom stereocenters. The largest absolute Gasteiger partial charge is 0.508 e. The molecule has 3 aliphatic heterocycles. The Balaban J connectivity index is 1.27. The summed E-state index contributed by atoms with van der Waals surface area (Å²) in [4.78, 5) is 0. The summed E-state index contributed by atoms with van der Waals surface area (Å²) in [6.07, 6.45) is -1.84. The van der Waals surface area contributed by atoms with Gasteiger partial charge in [-0.3, -0.25) is 0 Å². The maximum Gasteiger partial charge on any atom is 0.152 e. The molecule has 6 aliphatic rings. The van der Waals surface area contributed by atoms with Gasteiger partial charge < -0.3 is 90.8 Å². The first-order valence-electron chi connectivity index (χ1n) is 20.1. The van der Waals surface area contributed by atoms with E-state index in [1.54, 1.807) is 0 Å². The third-order valence-corrected chi connectivity index (χ3v) is 12.9. The summed E-state index contributed by atoms with van der Waals surface area (Å²) in [6.45, 7) is 0. The first kappa shape index (κ1) is 41.3. The number of phenols is 6.